The quantitative estimate of drug-likeness (QED) is 0.655. The molecule has 0 saturated carbocycles. The van der Waals surface area contributed by atoms with Crippen LogP contribution in [0.15, 0.2) is 53.4 Å². The van der Waals surface area contributed by atoms with Crippen molar-refractivity contribution < 1.29 is 18.5 Å². The van der Waals surface area contributed by atoms with Crippen LogP contribution in [0.1, 0.15) is 61.1 Å². The van der Waals surface area contributed by atoms with Gasteiger partial charge in [0.25, 0.3) is 5.91 Å². The van der Waals surface area contributed by atoms with Gasteiger partial charge in [-0.2, -0.15) is 0 Å². The van der Waals surface area contributed by atoms with E-state index < -0.39 is 23.4 Å². The Hall–Kier alpha value is -2.47. The Morgan fingerprint density at radius 3 is 2.10 bits per heavy atom. The molecule has 0 heterocycles. The summed E-state index contributed by atoms with van der Waals surface area (Å²) in [4.78, 5) is 25.1. The molecule has 1 amide bonds. The summed E-state index contributed by atoms with van der Waals surface area (Å²) in [6.45, 7) is 7.94. The summed E-state index contributed by atoms with van der Waals surface area (Å²) < 4.78 is 16.9. The molecule has 6 heteroatoms. The third-order valence-electron chi connectivity index (χ3n) is 4.70. The first kappa shape index (κ1) is 22.8. The van der Waals surface area contributed by atoms with Crippen molar-refractivity contribution in [3.63, 3.8) is 0 Å². The molecule has 0 unspecified atom stereocenters. The molecule has 2 aromatic carbocycles. The summed E-state index contributed by atoms with van der Waals surface area (Å²) in [6, 6.07) is 14.6. The molecule has 0 spiro atoms. The van der Waals surface area contributed by atoms with Crippen LogP contribution in [0, 0.1) is 5.92 Å². The molecule has 2 rings (SSSR count). The van der Waals surface area contributed by atoms with Gasteiger partial charge in [-0.1, -0.05) is 64.1 Å². The predicted octanol–water partition coefficient (Wildman–Crippen LogP) is 4.22. The number of benzene rings is 2. The Morgan fingerprint density at radius 1 is 0.966 bits per heavy atom. The van der Waals surface area contributed by atoms with Crippen LogP contribution in [0.3, 0.4) is 0 Å². The summed E-state index contributed by atoms with van der Waals surface area (Å²) in [5.74, 6) is -0.424. The van der Waals surface area contributed by atoms with Crippen molar-refractivity contribution in [3.8, 4) is 0 Å². The van der Waals surface area contributed by atoms with E-state index in [1.54, 1.807) is 24.3 Å². The Kier molecular flexibility index (Phi) is 8.14. The minimum atomic E-state index is -1.32. The van der Waals surface area contributed by atoms with Gasteiger partial charge >= 0.3 is 5.97 Å². The van der Waals surface area contributed by atoms with Crippen molar-refractivity contribution in [2.75, 3.05) is 12.9 Å². The molecule has 156 valence electrons. The second kappa shape index (κ2) is 10.3. The van der Waals surface area contributed by atoms with Gasteiger partial charge in [0.05, 0.1) is 27.3 Å². The summed E-state index contributed by atoms with van der Waals surface area (Å²) in [6.07, 6.45) is 1.50. The van der Waals surface area contributed by atoms with Crippen LogP contribution in [-0.2, 0) is 20.3 Å². The monoisotopic (exact) mass is 415 g/mol. The smallest absolute Gasteiger partial charge is 0.339 e. The van der Waals surface area contributed by atoms with Crippen molar-refractivity contribution in [1.82, 2.24) is 5.32 Å². The van der Waals surface area contributed by atoms with E-state index in [0.29, 0.717) is 10.8 Å². The first-order valence-corrected chi connectivity index (χ1v) is 11.2. The largest absolute Gasteiger partial charge is 0.452 e. The molecule has 0 fully saturated rings. The zero-order valence-electron chi connectivity index (χ0n) is 17.6. The van der Waals surface area contributed by atoms with Crippen molar-refractivity contribution in [2.45, 2.75) is 44.6 Å². The van der Waals surface area contributed by atoms with E-state index in [1.165, 1.54) is 11.8 Å². The number of hydrogen-bond acceptors (Lipinski definition) is 4. The van der Waals surface area contributed by atoms with Gasteiger partial charge in [-0.15, -0.1) is 0 Å². The van der Waals surface area contributed by atoms with Crippen LogP contribution in [0.4, 0.5) is 0 Å². The fourth-order valence-electron chi connectivity index (χ4n) is 3.03. The summed E-state index contributed by atoms with van der Waals surface area (Å²) in [5, 5.41) is 2.95. The van der Waals surface area contributed by atoms with Gasteiger partial charge in [0, 0.05) is 6.26 Å². The van der Waals surface area contributed by atoms with Crippen LogP contribution in [0.25, 0.3) is 0 Å². The van der Waals surface area contributed by atoms with Crippen molar-refractivity contribution in [2.24, 2.45) is 5.92 Å². The van der Waals surface area contributed by atoms with E-state index >= 15 is 0 Å². The summed E-state index contributed by atoms with van der Waals surface area (Å²) >= 11 is 0. The number of esters is 1. The normalized spacial score (nSPS) is 13.2. The van der Waals surface area contributed by atoms with Gasteiger partial charge in [-0.05, 0) is 35.1 Å². The van der Waals surface area contributed by atoms with Gasteiger partial charge in [0.15, 0.2) is 6.61 Å². The highest BCUT2D eigenvalue weighted by Crippen LogP contribution is 2.24. The number of nitrogens with one attached hydrogen (secondary N) is 1. The molecule has 2 aromatic rings. The SMILES string of the molecule is CC(C)c1ccc([C@@H](NC(=O)COC(=O)c2ccccc2[S@](C)=O)C(C)C)cc1. The lowest BCUT2D eigenvalue weighted by atomic mass is 9.93. The molecular formula is C23H29NO4S. The molecule has 0 aliphatic carbocycles. The molecular weight excluding hydrogens is 386 g/mol. The van der Waals surface area contributed by atoms with Crippen LogP contribution < -0.4 is 5.32 Å². The molecule has 0 aliphatic heterocycles. The van der Waals surface area contributed by atoms with E-state index in [9.17, 15) is 13.8 Å². The topological polar surface area (TPSA) is 72.5 Å². The van der Waals surface area contributed by atoms with Gasteiger partial charge in [0.1, 0.15) is 0 Å². The number of ether oxygens (including phenoxy) is 1. The summed E-state index contributed by atoms with van der Waals surface area (Å²) in [7, 11) is -1.32. The summed E-state index contributed by atoms with van der Waals surface area (Å²) in [5.41, 5.74) is 2.46. The van der Waals surface area contributed by atoms with Crippen LogP contribution in [0.5, 0.6) is 0 Å². The highest BCUT2D eigenvalue weighted by Gasteiger charge is 2.21. The lowest BCUT2D eigenvalue weighted by Crippen LogP contribution is -2.35. The molecule has 5 nitrogen and oxygen atoms in total. The minimum Gasteiger partial charge on any atom is -0.452 e. The second-order valence-corrected chi connectivity index (χ2v) is 8.99. The van der Waals surface area contributed by atoms with Crippen LogP contribution >= 0.6 is 0 Å². The third kappa shape index (κ3) is 6.26. The fourth-order valence-corrected chi connectivity index (χ4v) is 3.76. The molecule has 0 saturated heterocycles. The Balaban J connectivity index is 2.02. The first-order chi connectivity index (χ1) is 13.7. The molecule has 29 heavy (non-hydrogen) atoms. The van der Waals surface area contributed by atoms with Gasteiger partial charge in [-0.3, -0.25) is 9.00 Å². The molecule has 0 aliphatic rings. The Bertz CT molecular complexity index is 875. The third-order valence-corrected chi connectivity index (χ3v) is 5.67. The number of carbonyl (C=O) groups excluding carboxylic acids is 2. The molecule has 1 N–H and O–H groups in total. The Morgan fingerprint density at radius 2 is 1.55 bits per heavy atom. The molecule has 0 radical (unpaired) electrons. The maximum Gasteiger partial charge on any atom is 0.339 e. The number of hydrogen-bond donors (Lipinski definition) is 1. The number of amides is 1. The van der Waals surface area contributed by atoms with Crippen LogP contribution in [0.2, 0.25) is 0 Å². The van der Waals surface area contributed by atoms with Gasteiger partial charge in [-0.25, -0.2) is 4.79 Å². The van der Waals surface area contributed by atoms with E-state index in [2.05, 4.69) is 31.3 Å². The lowest BCUT2D eigenvalue weighted by Gasteiger charge is -2.23. The van der Waals surface area contributed by atoms with Gasteiger partial charge < -0.3 is 10.1 Å². The lowest BCUT2D eigenvalue weighted by molar-refractivity contribution is -0.125. The van der Waals surface area contributed by atoms with Crippen molar-refractivity contribution >= 4 is 22.7 Å². The zero-order valence-corrected chi connectivity index (χ0v) is 18.4. The minimum absolute atomic E-state index is 0.169. The van der Waals surface area contributed by atoms with Crippen molar-refractivity contribution in [1.29, 1.82) is 0 Å². The zero-order chi connectivity index (χ0) is 21.6. The number of rotatable bonds is 8. The van der Waals surface area contributed by atoms with Gasteiger partial charge in [0.2, 0.25) is 0 Å². The van der Waals surface area contributed by atoms with E-state index in [-0.39, 0.29) is 23.4 Å². The van der Waals surface area contributed by atoms with E-state index in [4.69, 9.17) is 4.74 Å². The average molecular weight is 416 g/mol. The number of carbonyl (C=O) groups is 2. The fraction of sp³-hybridized carbons (Fsp3) is 0.391. The van der Waals surface area contributed by atoms with Crippen molar-refractivity contribution in [3.05, 3.63) is 65.2 Å². The maximum atomic E-state index is 12.4. The maximum absolute atomic E-state index is 12.4. The standard InChI is InChI=1S/C23H29NO4S/c1-15(2)17-10-12-18(13-11-17)22(16(3)4)24-21(25)14-28-23(26)19-8-6-7-9-20(19)29(5)27/h6-13,15-16,22H,14H2,1-5H3,(H,24,25)/t22-,29-/m0/s1. The molecule has 2 atom stereocenters. The first-order valence-electron chi connectivity index (χ1n) is 9.69. The predicted molar refractivity (Wildman–Crippen MR) is 115 cm³/mol. The highest BCUT2D eigenvalue weighted by molar-refractivity contribution is 7.84. The van der Waals surface area contributed by atoms with Crippen LogP contribution in [-0.4, -0.2) is 28.9 Å². The molecule has 0 aromatic heterocycles. The Labute approximate surface area is 175 Å². The average Bonchev–Trinajstić information content (AvgIpc) is 2.70. The highest BCUT2D eigenvalue weighted by atomic mass is 32.2. The van der Waals surface area contributed by atoms with E-state index in [0.717, 1.165) is 5.56 Å². The van der Waals surface area contributed by atoms with E-state index in [1.807, 2.05) is 26.0 Å². The molecule has 0 bridgehead atoms. The second-order valence-electron chi connectivity index (χ2n) is 7.64.